The second-order valence-corrected chi connectivity index (χ2v) is 11.0. The molecule has 2 heterocycles. The van der Waals surface area contributed by atoms with Crippen LogP contribution in [0.5, 0.6) is 0 Å². The van der Waals surface area contributed by atoms with Gasteiger partial charge in [0.1, 0.15) is 10.0 Å². The van der Waals surface area contributed by atoms with Crippen molar-refractivity contribution in [3.05, 3.63) is 80.1 Å². The summed E-state index contributed by atoms with van der Waals surface area (Å²) >= 11 is 0.994. The van der Waals surface area contributed by atoms with Crippen molar-refractivity contribution in [1.82, 2.24) is 14.3 Å². The zero-order chi connectivity index (χ0) is 26.0. The first-order chi connectivity index (χ1) is 17.1. The number of urea groups is 1. The highest BCUT2D eigenvalue weighted by Crippen LogP contribution is 2.21. The number of thiophene rings is 1. The first-order valence-electron chi connectivity index (χ1n) is 10.8. The quantitative estimate of drug-likeness (QED) is 0.287. The number of carbonyl (C=O) groups excluding carboxylic acids is 1. The van der Waals surface area contributed by atoms with Gasteiger partial charge in [-0.15, -0.1) is 11.3 Å². The monoisotopic (exact) mass is 531 g/mol. The van der Waals surface area contributed by atoms with Crippen molar-refractivity contribution in [3.63, 3.8) is 0 Å². The molecular weight excluding hydrogens is 509 g/mol. The molecule has 0 spiro atoms. The first-order valence-corrected chi connectivity index (χ1v) is 13.1. The average Bonchev–Trinajstić information content (AvgIpc) is 3.26. The molecule has 0 aliphatic heterocycles. The molecule has 0 bridgehead atoms. The lowest BCUT2D eigenvalue weighted by molar-refractivity contribution is 0.256. The number of nitrogens with one attached hydrogen (secondary N) is 4. The number of aryl methyl sites for hydroxylation is 1. The van der Waals surface area contributed by atoms with Gasteiger partial charge in [-0.05, 0) is 61.9 Å². The van der Waals surface area contributed by atoms with E-state index in [0.717, 1.165) is 47.0 Å². The summed E-state index contributed by atoms with van der Waals surface area (Å²) in [5, 5.41) is 5.58. The number of aromatic nitrogens is 2. The number of hydrogen-bond donors (Lipinski definition) is 4. The van der Waals surface area contributed by atoms with Crippen LogP contribution in [0.3, 0.4) is 0 Å². The number of fused-ring (bicyclic) bond motifs is 1. The number of benzene rings is 2. The van der Waals surface area contributed by atoms with Crippen molar-refractivity contribution >= 4 is 49.7 Å². The highest BCUT2D eigenvalue weighted by Gasteiger charge is 2.20. The smallest absolute Gasteiger partial charge is 0.333 e. The normalized spacial score (nSPS) is 11.4. The number of hydrogen-bond acceptors (Lipinski definition) is 7. The van der Waals surface area contributed by atoms with Crippen molar-refractivity contribution < 1.29 is 17.6 Å². The van der Waals surface area contributed by atoms with E-state index < -0.39 is 33.1 Å². The molecule has 188 valence electrons. The van der Waals surface area contributed by atoms with Gasteiger partial charge in [-0.2, -0.15) is 0 Å². The van der Waals surface area contributed by atoms with Gasteiger partial charge in [-0.25, -0.2) is 31.7 Å². The van der Waals surface area contributed by atoms with E-state index >= 15 is 0 Å². The zero-order valence-corrected chi connectivity index (χ0v) is 20.8. The van der Waals surface area contributed by atoms with E-state index in [1.807, 2.05) is 11.6 Å². The van der Waals surface area contributed by atoms with Gasteiger partial charge in [0.2, 0.25) is 0 Å². The van der Waals surface area contributed by atoms with E-state index in [1.54, 1.807) is 25.1 Å². The van der Waals surface area contributed by atoms with Crippen molar-refractivity contribution in [3.8, 4) is 5.69 Å². The third-order valence-electron chi connectivity index (χ3n) is 5.13. The predicted octanol–water partition coefficient (Wildman–Crippen LogP) is 3.52. The summed E-state index contributed by atoms with van der Waals surface area (Å²) < 4.78 is 42.0. The number of sulfonamides is 1. The molecule has 0 saturated heterocycles. The van der Waals surface area contributed by atoms with Crippen LogP contribution in [-0.4, -0.2) is 30.5 Å². The minimum Gasteiger partial charge on any atom is -0.385 e. The molecule has 13 heteroatoms. The van der Waals surface area contributed by atoms with Crippen LogP contribution in [0.4, 0.5) is 20.6 Å². The lowest BCUT2D eigenvalue weighted by Crippen LogP contribution is -2.35. The van der Waals surface area contributed by atoms with E-state index in [9.17, 15) is 27.2 Å². The molecule has 2 aromatic heterocycles. The van der Waals surface area contributed by atoms with Gasteiger partial charge in [0.05, 0.1) is 16.6 Å². The maximum atomic E-state index is 14.9. The fourth-order valence-electron chi connectivity index (χ4n) is 3.47. The van der Waals surface area contributed by atoms with Gasteiger partial charge in [0.25, 0.3) is 15.6 Å². The highest BCUT2D eigenvalue weighted by molar-refractivity contribution is 7.92. The Hall–Kier alpha value is -3.97. The number of amides is 2. The van der Waals surface area contributed by atoms with Crippen molar-refractivity contribution in [2.45, 2.75) is 24.5 Å². The number of carbonyl (C=O) groups is 1. The molecule has 4 N–H and O–H groups in total. The lowest BCUT2D eigenvalue weighted by Gasteiger charge is -2.11. The number of nitrogens with zero attached hydrogens (tertiary/aromatic N) is 1. The van der Waals surface area contributed by atoms with Crippen molar-refractivity contribution in [1.29, 1.82) is 0 Å². The van der Waals surface area contributed by atoms with E-state index in [2.05, 4.69) is 15.6 Å². The SMILES string of the molecule is CCCNc1ccc2c(=O)n(-c3ccc(NC(=O)NS(=O)(=O)c4ccc(C)s4)cc3F)c(=O)[nH]c2c1. The number of rotatable bonds is 7. The van der Waals surface area contributed by atoms with Crippen molar-refractivity contribution in [2.24, 2.45) is 0 Å². The molecule has 4 aromatic rings. The van der Waals surface area contributed by atoms with Crippen LogP contribution >= 0.6 is 11.3 Å². The Morgan fingerprint density at radius 1 is 1.08 bits per heavy atom. The molecule has 2 aromatic carbocycles. The predicted molar refractivity (Wildman–Crippen MR) is 137 cm³/mol. The maximum absolute atomic E-state index is 14.9. The molecule has 0 aliphatic carbocycles. The second kappa shape index (κ2) is 9.95. The van der Waals surface area contributed by atoms with Gasteiger partial charge in [-0.1, -0.05) is 6.92 Å². The topological polar surface area (TPSA) is 142 Å². The van der Waals surface area contributed by atoms with E-state index in [1.165, 1.54) is 18.2 Å². The second-order valence-electron chi connectivity index (χ2n) is 7.85. The summed E-state index contributed by atoms with van der Waals surface area (Å²) in [6.45, 7) is 4.45. The van der Waals surface area contributed by atoms with E-state index in [4.69, 9.17) is 0 Å². The van der Waals surface area contributed by atoms with Crippen LogP contribution in [0.2, 0.25) is 0 Å². The molecule has 0 radical (unpaired) electrons. The summed E-state index contributed by atoms with van der Waals surface area (Å²) in [7, 11) is -4.09. The largest absolute Gasteiger partial charge is 0.385 e. The molecule has 0 unspecified atom stereocenters. The summed E-state index contributed by atoms with van der Waals surface area (Å²) in [6.07, 6.45) is 0.895. The number of anilines is 2. The number of aromatic amines is 1. The summed E-state index contributed by atoms with van der Waals surface area (Å²) in [5.41, 5.74) is -0.930. The Kier molecular flexibility index (Phi) is 6.95. The lowest BCUT2D eigenvalue weighted by atomic mass is 10.2. The van der Waals surface area contributed by atoms with Gasteiger partial charge in [-0.3, -0.25) is 4.79 Å². The van der Waals surface area contributed by atoms with Gasteiger partial charge in [0, 0.05) is 22.8 Å². The fraction of sp³-hybridized carbons (Fsp3) is 0.174. The Morgan fingerprint density at radius 2 is 1.83 bits per heavy atom. The average molecular weight is 532 g/mol. The minimum atomic E-state index is -4.09. The Bertz CT molecular complexity index is 1690. The Morgan fingerprint density at radius 3 is 2.50 bits per heavy atom. The third-order valence-corrected chi connectivity index (χ3v) is 7.95. The molecule has 0 saturated carbocycles. The first kappa shape index (κ1) is 25.1. The maximum Gasteiger partial charge on any atom is 0.333 e. The van der Waals surface area contributed by atoms with E-state index in [0.29, 0.717) is 10.1 Å². The van der Waals surface area contributed by atoms with E-state index in [-0.39, 0.29) is 21.0 Å². The molecule has 0 fully saturated rings. The molecule has 0 aliphatic rings. The third kappa shape index (κ3) is 5.16. The summed E-state index contributed by atoms with van der Waals surface area (Å²) in [5.74, 6) is -0.974. The van der Waals surface area contributed by atoms with Crippen LogP contribution in [0.1, 0.15) is 18.2 Å². The molecular formula is C23H22FN5O5S2. The summed E-state index contributed by atoms with van der Waals surface area (Å²) in [6, 6.07) is 9.99. The van der Waals surface area contributed by atoms with Crippen LogP contribution in [0.15, 0.2) is 62.3 Å². The molecule has 36 heavy (non-hydrogen) atoms. The minimum absolute atomic E-state index is 0.0418. The molecule has 0 atom stereocenters. The standard InChI is InChI=1S/C23H22FN5O5S2/c1-3-10-25-14-5-7-16-18(12-14)27-23(32)29(21(16)30)19-8-6-15(11-17(19)24)26-22(31)28-36(33,34)20-9-4-13(2)35-20/h4-9,11-12,25H,3,10H2,1-2H3,(H,27,32)(H2,26,28,31). The van der Waals surface area contributed by atoms with Gasteiger partial charge >= 0.3 is 11.7 Å². The molecule has 2 amide bonds. The number of H-pyrrole nitrogens is 1. The Labute approximate surface area is 208 Å². The van der Waals surface area contributed by atoms with Crippen LogP contribution < -0.4 is 26.6 Å². The Balaban J connectivity index is 1.59. The van der Waals surface area contributed by atoms with Crippen LogP contribution in [-0.2, 0) is 10.0 Å². The van der Waals surface area contributed by atoms with Gasteiger partial charge in [0.15, 0.2) is 0 Å². The van der Waals surface area contributed by atoms with Gasteiger partial charge < -0.3 is 15.6 Å². The van der Waals surface area contributed by atoms with Crippen LogP contribution in [0.25, 0.3) is 16.6 Å². The summed E-state index contributed by atoms with van der Waals surface area (Å²) in [4.78, 5) is 41.2. The zero-order valence-electron chi connectivity index (χ0n) is 19.2. The molecule has 4 rings (SSSR count). The van der Waals surface area contributed by atoms with Crippen molar-refractivity contribution in [2.75, 3.05) is 17.2 Å². The fourth-order valence-corrected chi connectivity index (χ4v) is 5.66. The highest BCUT2D eigenvalue weighted by atomic mass is 32.2. The molecule has 10 nitrogen and oxygen atoms in total. The number of halogens is 1. The van der Waals surface area contributed by atoms with Crippen LogP contribution in [0, 0.1) is 12.7 Å².